The summed E-state index contributed by atoms with van der Waals surface area (Å²) >= 11 is 5.37. The maximum Gasteiger partial charge on any atom is 0.170 e. The van der Waals surface area contributed by atoms with E-state index in [1.165, 1.54) is 44.1 Å². The zero-order valence-electron chi connectivity index (χ0n) is 15.4. The molecule has 1 saturated carbocycles. The third-order valence-corrected chi connectivity index (χ3v) is 4.96. The second kappa shape index (κ2) is 10.00. The fourth-order valence-corrected chi connectivity index (χ4v) is 3.85. The summed E-state index contributed by atoms with van der Waals surface area (Å²) in [5.41, 5.74) is 2.36. The molecular formula is C20H33N3S. The molecule has 3 N–H and O–H groups in total. The molecule has 0 amide bonds. The van der Waals surface area contributed by atoms with Gasteiger partial charge in [0.1, 0.15) is 0 Å². The van der Waals surface area contributed by atoms with Crippen LogP contribution in [0, 0.1) is 5.92 Å². The van der Waals surface area contributed by atoms with Gasteiger partial charge in [0, 0.05) is 24.3 Å². The molecule has 1 aromatic rings. The lowest BCUT2D eigenvalue weighted by atomic mass is 9.85. The number of anilines is 1. The van der Waals surface area contributed by atoms with Gasteiger partial charge in [0.25, 0.3) is 0 Å². The average Bonchev–Trinajstić information content (AvgIpc) is 2.54. The number of benzene rings is 1. The van der Waals surface area contributed by atoms with E-state index >= 15 is 0 Å². The van der Waals surface area contributed by atoms with Crippen LogP contribution in [0.3, 0.4) is 0 Å². The van der Waals surface area contributed by atoms with Gasteiger partial charge in [-0.15, -0.1) is 0 Å². The number of hydrogen-bond donors (Lipinski definition) is 3. The summed E-state index contributed by atoms with van der Waals surface area (Å²) in [4.78, 5) is 0. The maximum atomic E-state index is 5.37. The van der Waals surface area contributed by atoms with Gasteiger partial charge < -0.3 is 16.0 Å². The third kappa shape index (κ3) is 6.78. The molecule has 2 rings (SSSR count). The van der Waals surface area contributed by atoms with E-state index in [9.17, 15) is 0 Å². The predicted octanol–water partition coefficient (Wildman–Crippen LogP) is 4.83. The van der Waals surface area contributed by atoms with Crippen LogP contribution in [0.4, 0.5) is 5.69 Å². The Morgan fingerprint density at radius 1 is 1.12 bits per heavy atom. The van der Waals surface area contributed by atoms with Gasteiger partial charge in [-0.25, -0.2) is 0 Å². The Bertz CT molecular complexity index is 509. The van der Waals surface area contributed by atoms with Crippen LogP contribution in [-0.2, 0) is 6.54 Å². The van der Waals surface area contributed by atoms with Gasteiger partial charge in [-0.2, -0.15) is 0 Å². The molecular weight excluding hydrogens is 314 g/mol. The SMILES string of the molecule is CC(C)NC(=S)Nc1ccccc1CNC(C)CC1CCCCC1. The van der Waals surface area contributed by atoms with Crippen molar-refractivity contribution >= 4 is 23.0 Å². The molecule has 0 aliphatic heterocycles. The number of thiocarbonyl (C=S) groups is 1. The minimum atomic E-state index is 0.339. The van der Waals surface area contributed by atoms with Crippen molar-refractivity contribution in [3.63, 3.8) is 0 Å². The van der Waals surface area contributed by atoms with E-state index in [1.54, 1.807) is 0 Å². The largest absolute Gasteiger partial charge is 0.360 e. The molecule has 1 atom stereocenters. The van der Waals surface area contributed by atoms with E-state index in [0.717, 1.165) is 18.2 Å². The highest BCUT2D eigenvalue weighted by atomic mass is 32.1. The van der Waals surface area contributed by atoms with Crippen LogP contribution in [-0.4, -0.2) is 17.2 Å². The highest BCUT2D eigenvalue weighted by Gasteiger charge is 2.16. The van der Waals surface area contributed by atoms with Crippen molar-refractivity contribution in [3.05, 3.63) is 29.8 Å². The quantitative estimate of drug-likeness (QED) is 0.618. The van der Waals surface area contributed by atoms with Crippen molar-refractivity contribution < 1.29 is 0 Å². The molecule has 0 spiro atoms. The predicted molar refractivity (Wildman–Crippen MR) is 108 cm³/mol. The number of para-hydroxylation sites is 1. The van der Waals surface area contributed by atoms with E-state index in [-0.39, 0.29) is 0 Å². The van der Waals surface area contributed by atoms with Crippen LogP contribution in [0.2, 0.25) is 0 Å². The summed E-state index contributed by atoms with van der Waals surface area (Å²) < 4.78 is 0. The highest BCUT2D eigenvalue weighted by molar-refractivity contribution is 7.80. The summed E-state index contributed by atoms with van der Waals surface area (Å²) in [7, 11) is 0. The van der Waals surface area contributed by atoms with Crippen molar-refractivity contribution in [1.29, 1.82) is 0 Å². The van der Waals surface area contributed by atoms with Crippen molar-refractivity contribution in [3.8, 4) is 0 Å². The average molecular weight is 348 g/mol. The molecule has 0 bridgehead atoms. The van der Waals surface area contributed by atoms with Gasteiger partial charge in [0.05, 0.1) is 0 Å². The molecule has 0 radical (unpaired) electrons. The molecule has 134 valence electrons. The summed E-state index contributed by atoms with van der Waals surface area (Å²) in [5.74, 6) is 0.914. The molecule has 24 heavy (non-hydrogen) atoms. The molecule has 1 unspecified atom stereocenters. The summed E-state index contributed by atoms with van der Waals surface area (Å²) in [6, 6.07) is 9.30. The first-order valence-electron chi connectivity index (χ1n) is 9.43. The Kier molecular flexibility index (Phi) is 8.00. The lowest BCUT2D eigenvalue weighted by Gasteiger charge is -2.25. The first kappa shape index (κ1) is 19.2. The van der Waals surface area contributed by atoms with Crippen LogP contribution in [0.1, 0.15) is 64.9 Å². The fourth-order valence-electron chi connectivity index (χ4n) is 3.51. The second-order valence-electron chi connectivity index (χ2n) is 7.43. The Labute approximate surface area is 153 Å². The zero-order chi connectivity index (χ0) is 17.4. The van der Waals surface area contributed by atoms with E-state index in [0.29, 0.717) is 17.2 Å². The second-order valence-corrected chi connectivity index (χ2v) is 7.84. The van der Waals surface area contributed by atoms with Gasteiger partial charge in [0.2, 0.25) is 0 Å². The first-order chi connectivity index (χ1) is 11.5. The zero-order valence-corrected chi connectivity index (χ0v) is 16.2. The molecule has 0 heterocycles. The molecule has 1 aliphatic carbocycles. The third-order valence-electron chi connectivity index (χ3n) is 4.74. The van der Waals surface area contributed by atoms with Crippen LogP contribution in [0.15, 0.2) is 24.3 Å². The number of hydrogen-bond acceptors (Lipinski definition) is 2. The normalized spacial score (nSPS) is 16.8. The van der Waals surface area contributed by atoms with Crippen molar-refractivity contribution in [1.82, 2.24) is 10.6 Å². The molecule has 1 aliphatic rings. The van der Waals surface area contributed by atoms with Gasteiger partial charge >= 0.3 is 0 Å². The Morgan fingerprint density at radius 2 is 1.83 bits per heavy atom. The fraction of sp³-hybridized carbons (Fsp3) is 0.650. The van der Waals surface area contributed by atoms with Gasteiger partial charge in [-0.3, -0.25) is 0 Å². The molecule has 1 fully saturated rings. The summed E-state index contributed by atoms with van der Waals surface area (Å²) in [5, 5.41) is 10.9. The van der Waals surface area contributed by atoms with Crippen LogP contribution >= 0.6 is 12.2 Å². The lowest BCUT2D eigenvalue weighted by Crippen LogP contribution is -2.34. The Hall–Kier alpha value is -1.13. The standard InChI is InChI=1S/C20H33N3S/c1-15(2)22-20(24)23-19-12-8-7-11-18(19)14-21-16(3)13-17-9-5-4-6-10-17/h7-8,11-12,15-17,21H,4-6,9-10,13-14H2,1-3H3,(H2,22,23,24). The summed E-state index contributed by atoms with van der Waals surface area (Å²) in [6.07, 6.45) is 8.40. The van der Waals surface area contributed by atoms with E-state index in [1.807, 2.05) is 0 Å². The lowest BCUT2D eigenvalue weighted by molar-refractivity contribution is 0.305. The monoisotopic (exact) mass is 347 g/mol. The van der Waals surface area contributed by atoms with Gasteiger partial charge in [-0.05, 0) is 57.0 Å². The summed E-state index contributed by atoms with van der Waals surface area (Å²) in [6.45, 7) is 7.37. The van der Waals surface area contributed by atoms with Crippen molar-refractivity contribution in [2.75, 3.05) is 5.32 Å². The first-order valence-corrected chi connectivity index (χ1v) is 9.84. The van der Waals surface area contributed by atoms with E-state index < -0.39 is 0 Å². The molecule has 1 aromatic carbocycles. The van der Waals surface area contributed by atoms with E-state index in [4.69, 9.17) is 12.2 Å². The van der Waals surface area contributed by atoms with Crippen LogP contribution in [0.25, 0.3) is 0 Å². The molecule has 0 aromatic heterocycles. The van der Waals surface area contributed by atoms with E-state index in [2.05, 4.69) is 61.0 Å². The smallest absolute Gasteiger partial charge is 0.170 e. The Morgan fingerprint density at radius 3 is 2.54 bits per heavy atom. The number of nitrogens with one attached hydrogen (secondary N) is 3. The number of rotatable bonds is 7. The van der Waals surface area contributed by atoms with Crippen LogP contribution in [0.5, 0.6) is 0 Å². The Balaban J connectivity index is 1.84. The highest BCUT2D eigenvalue weighted by Crippen LogP contribution is 2.27. The maximum absolute atomic E-state index is 5.37. The van der Waals surface area contributed by atoms with Gasteiger partial charge in [0.15, 0.2) is 5.11 Å². The van der Waals surface area contributed by atoms with Crippen LogP contribution < -0.4 is 16.0 Å². The molecule has 3 nitrogen and oxygen atoms in total. The molecule has 0 saturated heterocycles. The van der Waals surface area contributed by atoms with Crippen molar-refractivity contribution in [2.45, 2.75) is 77.9 Å². The molecule has 4 heteroatoms. The van der Waals surface area contributed by atoms with Crippen molar-refractivity contribution in [2.24, 2.45) is 5.92 Å². The van der Waals surface area contributed by atoms with Gasteiger partial charge in [-0.1, -0.05) is 50.3 Å². The minimum absolute atomic E-state index is 0.339. The topological polar surface area (TPSA) is 36.1 Å². The minimum Gasteiger partial charge on any atom is -0.360 e.